The minimum absolute atomic E-state index is 0.429. The van der Waals surface area contributed by atoms with Crippen LogP contribution in [-0.2, 0) is 10.7 Å². The Morgan fingerprint density at radius 1 is 1.12 bits per heavy atom. The van der Waals surface area contributed by atoms with Gasteiger partial charge >= 0.3 is 18.6 Å². The van der Waals surface area contributed by atoms with Crippen LogP contribution in [0.4, 0.5) is 22.0 Å². The van der Waals surface area contributed by atoms with E-state index >= 15 is 0 Å². The highest BCUT2D eigenvalue weighted by Crippen LogP contribution is 2.44. The van der Waals surface area contributed by atoms with Gasteiger partial charge in [0, 0.05) is 5.56 Å². The molecule has 0 heterocycles. The van der Waals surface area contributed by atoms with Crippen LogP contribution in [0.1, 0.15) is 5.56 Å². The Morgan fingerprint density at radius 3 is 2.25 bits per heavy atom. The molecule has 0 aliphatic heterocycles. The first-order valence-electron chi connectivity index (χ1n) is 3.88. The second-order valence-corrected chi connectivity index (χ2v) is 2.79. The summed E-state index contributed by atoms with van der Waals surface area (Å²) in [5, 5.41) is 0. The number of ether oxygens (including phenoxy) is 1. The fraction of sp³-hybridized carbons (Fsp3) is 0.222. The Hall–Kier alpha value is -1.66. The SMILES string of the molecule is O=[C]Oc1cccc(C(F)(F)C(F)(F)F)c1. The van der Waals surface area contributed by atoms with Crippen molar-refractivity contribution in [3.05, 3.63) is 29.8 Å². The van der Waals surface area contributed by atoms with Crippen molar-refractivity contribution in [2.75, 3.05) is 0 Å². The monoisotopic (exact) mass is 239 g/mol. The largest absolute Gasteiger partial charge is 0.458 e. The van der Waals surface area contributed by atoms with Crippen LogP contribution in [0.5, 0.6) is 5.75 Å². The summed E-state index contributed by atoms with van der Waals surface area (Å²) in [7, 11) is 0. The molecule has 1 radical (unpaired) electrons. The van der Waals surface area contributed by atoms with Gasteiger partial charge in [-0.25, -0.2) is 4.79 Å². The molecular weight excluding hydrogens is 235 g/mol. The lowest BCUT2D eigenvalue weighted by Crippen LogP contribution is -2.33. The van der Waals surface area contributed by atoms with E-state index in [1.807, 2.05) is 0 Å². The van der Waals surface area contributed by atoms with Gasteiger partial charge in [-0.15, -0.1) is 0 Å². The number of benzene rings is 1. The third-order valence-corrected chi connectivity index (χ3v) is 1.71. The van der Waals surface area contributed by atoms with E-state index < -0.39 is 23.4 Å². The van der Waals surface area contributed by atoms with Gasteiger partial charge in [-0.2, -0.15) is 22.0 Å². The molecule has 7 heteroatoms. The van der Waals surface area contributed by atoms with E-state index in [0.29, 0.717) is 12.1 Å². The number of alkyl halides is 5. The maximum absolute atomic E-state index is 12.8. The van der Waals surface area contributed by atoms with Crippen molar-refractivity contribution in [2.45, 2.75) is 12.1 Å². The summed E-state index contributed by atoms with van der Waals surface area (Å²) in [5.74, 6) is -5.42. The molecule has 87 valence electrons. The van der Waals surface area contributed by atoms with E-state index in [9.17, 15) is 26.7 Å². The summed E-state index contributed by atoms with van der Waals surface area (Å²) in [6.45, 7) is 0.925. The van der Waals surface area contributed by atoms with Crippen molar-refractivity contribution in [1.29, 1.82) is 0 Å². The Kier molecular flexibility index (Phi) is 3.16. The summed E-state index contributed by atoms with van der Waals surface area (Å²) in [6.07, 6.45) is -5.70. The maximum atomic E-state index is 12.8. The lowest BCUT2D eigenvalue weighted by atomic mass is 10.1. The third kappa shape index (κ3) is 2.29. The van der Waals surface area contributed by atoms with Crippen LogP contribution in [0.25, 0.3) is 0 Å². The number of carbonyl (C=O) groups excluding carboxylic acids is 1. The summed E-state index contributed by atoms with van der Waals surface area (Å²) < 4.78 is 65.6. The highest BCUT2D eigenvalue weighted by Gasteiger charge is 2.58. The minimum Gasteiger partial charge on any atom is -0.418 e. The first kappa shape index (κ1) is 12.4. The number of hydrogen-bond acceptors (Lipinski definition) is 2. The Balaban J connectivity index is 3.13. The summed E-state index contributed by atoms with van der Waals surface area (Å²) in [5.41, 5.74) is -1.30. The van der Waals surface area contributed by atoms with E-state index in [4.69, 9.17) is 0 Å². The van der Waals surface area contributed by atoms with Gasteiger partial charge in [0.1, 0.15) is 5.75 Å². The fourth-order valence-corrected chi connectivity index (χ4v) is 0.967. The van der Waals surface area contributed by atoms with E-state index in [-0.39, 0.29) is 0 Å². The first-order chi connectivity index (χ1) is 7.29. The van der Waals surface area contributed by atoms with Gasteiger partial charge in [0.2, 0.25) is 0 Å². The average molecular weight is 239 g/mol. The molecule has 0 aromatic heterocycles. The molecule has 0 bridgehead atoms. The molecule has 0 aliphatic rings. The molecule has 0 amide bonds. The van der Waals surface area contributed by atoms with E-state index in [1.54, 1.807) is 0 Å². The molecule has 0 unspecified atom stereocenters. The summed E-state index contributed by atoms with van der Waals surface area (Å²) in [6, 6.07) is 2.99. The molecular formula is C9H4F5O2. The van der Waals surface area contributed by atoms with Gasteiger partial charge < -0.3 is 4.74 Å². The average Bonchev–Trinajstić information content (AvgIpc) is 2.17. The van der Waals surface area contributed by atoms with Crippen molar-refractivity contribution in [3.8, 4) is 5.75 Å². The number of rotatable bonds is 3. The number of halogens is 5. The van der Waals surface area contributed by atoms with Crippen LogP contribution in [0.3, 0.4) is 0 Å². The molecule has 0 atom stereocenters. The summed E-state index contributed by atoms with van der Waals surface area (Å²) in [4.78, 5) is 9.78. The van der Waals surface area contributed by atoms with Crippen molar-refractivity contribution < 1.29 is 31.5 Å². The standard InChI is InChI=1S/C9H4F5O2/c10-8(11,9(12,13)14)6-2-1-3-7(4-6)16-5-15/h1-4H. The smallest absolute Gasteiger partial charge is 0.418 e. The Bertz CT molecular complexity index is 386. The molecule has 16 heavy (non-hydrogen) atoms. The van der Waals surface area contributed by atoms with Crippen molar-refractivity contribution in [3.63, 3.8) is 0 Å². The molecule has 1 rings (SSSR count). The lowest BCUT2D eigenvalue weighted by molar-refractivity contribution is -0.289. The topological polar surface area (TPSA) is 26.3 Å². The van der Waals surface area contributed by atoms with Crippen LogP contribution in [0.15, 0.2) is 24.3 Å². The molecule has 2 nitrogen and oxygen atoms in total. The van der Waals surface area contributed by atoms with Crippen molar-refractivity contribution in [1.82, 2.24) is 0 Å². The van der Waals surface area contributed by atoms with Gasteiger partial charge in [-0.3, -0.25) is 0 Å². The fourth-order valence-electron chi connectivity index (χ4n) is 0.967. The van der Waals surface area contributed by atoms with Crippen LogP contribution >= 0.6 is 0 Å². The van der Waals surface area contributed by atoms with E-state index in [0.717, 1.165) is 18.6 Å². The van der Waals surface area contributed by atoms with Gasteiger partial charge in [-0.05, 0) is 12.1 Å². The van der Waals surface area contributed by atoms with Crippen molar-refractivity contribution in [2.24, 2.45) is 0 Å². The van der Waals surface area contributed by atoms with Gasteiger partial charge in [0.05, 0.1) is 0 Å². The van der Waals surface area contributed by atoms with Crippen LogP contribution in [-0.4, -0.2) is 12.6 Å². The van der Waals surface area contributed by atoms with Gasteiger partial charge in [-0.1, -0.05) is 12.1 Å². The lowest BCUT2D eigenvalue weighted by Gasteiger charge is -2.19. The second-order valence-electron chi connectivity index (χ2n) is 2.79. The zero-order chi connectivity index (χ0) is 12.4. The third-order valence-electron chi connectivity index (χ3n) is 1.71. The molecule has 0 fully saturated rings. The Morgan fingerprint density at radius 2 is 1.75 bits per heavy atom. The molecule has 0 saturated heterocycles. The van der Waals surface area contributed by atoms with E-state index in [2.05, 4.69) is 4.74 Å². The zero-order valence-electron chi connectivity index (χ0n) is 7.52. The molecule has 0 aliphatic carbocycles. The quantitative estimate of drug-likeness (QED) is 0.758. The summed E-state index contributed by atoms with van der Waals surface area (Å²) >= 11 is 0. The number of hydrogen-bond donors (Lipinski definition) is 0. The second kappa shape index (κ2) is 4.07. The molecule has 1 aromatic carbocycles. The molecule has 0 N–H and O–H groups in total. The molecule has 0 saturated carbocycles. The van der Waals surface area contributed by atoms with Crippen LogP contribution < -0.4 is 4.74 Å². The van der Waals surface area contributed by atoms with Crippen molar-refractivity contribution >= 4 is 6.47 Å². The van der Waals surface area contributed by atoms with E-state index in [1.165, 1.54) is 0 Å². The van der Waals surface area contributed by atoms with Gasteiger partial charge in [0.15, 0.2) is 0 Å². The molecule has 0 spiro atoms. The Labute approximate surface area is 86.6 Å². The highest BCUT2D eigenvalue weighted by molar-refractivity contribution is 5.47. The zero-order valence-corrected chi connectivity index (χ0v) is 7.52. The molecule has 1 aromatic rings. The van der Waals surface area contributed by atoms with Crippen LogP contribution in [0, 0.1) is 0 Å². The van der Waals surface area contributed by atoms with Crippen LogP contribution in [0.2, 0.25) is 0 Å². The maximum Gasteiger partial charge on any atom is 0.458 e. The predicted molar refractivity (Wildman–Crippen MR) is 42.7 cm³/mol. The first-order valence-corrected chi connectivity index (χ1v) is 3.88. The normalized spacial score (nSPS) is 12.3. The highest BCUT2D eigenvalue weighted by atomic mass is 19.4. The van der Waals surface area contributed by atoms with Gasteiger partial charge in [0.25, 0.3) is 0 Å². The minimum atomic E-state index is -5.70. The predicted octanol–water partition coefficient (Wildman–Crippen LogP) is 2.79.